The first kappa shape index (κ1) is 30.3. The van der Waals surface area contributed by atoms with Crippen LogP contribution >= 0.6 is 11.3 Å². The van der Waals surface area contributed by atoms with E-state index in [-0.39, 0.29) is 58.8 Å². The zero-order valence-corrected chi connectivity index (χ0v) is 25.7. The topological polar surface area (TPSA) is 128 Å². The van der Waals surface area contributed by atoms with Crippen molar-refractivity contribution in [2.24, 2.45) is 5.92 Å². The first-order valence-corrected chi connectivity index (χ1v) is 16.2. The van der Waals surface area contributed by atoms with Crippen LogP contribution in [0, 0.1) is 5.92 Å². The summed E-state index contributed by atoms with van der Waals surface area (Å²) >= 11 is 1.07. The molecule has 0 saturated carbocycles. The van der Waals surface area contributed by atoms with Gasteiger partial charge in [0.05, 0.1) is 36.1 Å². The summed E-state index contributed by atoms with van der Waals surface area (Å²) in [6.07, 6.45) is -0.629. The predicted molar refractivity (Wildman–Crippen MR) is 168 cm³/mol. The minimum Gasteiger partial charge on any atom is -0.485 e. The number of hydrogen-bond donors (Lipinski definition) is 3. The Kier molecular flexibility index (Phi) is 8.90. The molecule has 12 heteroatoms. The number of aliphatic hydroxyl groups excluding tert-OH is 1. The highest BCUT2D eigenvalue weighted by Crippen LogP contribution is 2.36. The lowest BCUT2D eigenvalue weighted by Crippen LogP contribution is -2.50. The van der Waals surface area contributed by atoms with E-state index < -0.39 is 22.2 Å². The van der Waals surface area contributed by atoms with Crippen molar-refractivity contribution in [1.82, 2.24) is 9.80 Å². The van der Waals surface area contributed by atoms with Crippen molar-refractivity contribution in [2.75, 3.05) is 36.8 Å². The van der Waals surface area contributed by atoms with Gasteiger partial charge in [0.25, 0.3) is 15.9 Å². The van der Waals surface area contributed by atoms with E-state index in [9.17, 15) is 23.1 Å². The summed E-state index contributed by atoms with van der Waals surface area (Å²) in [4.78, 5) is 30.1. The Hall–Kier alpha value is -4.13. The normalized spacial score (nSPS) is 17.8. The van der Waals surface area contributed by atoms with Crippen LogP contribution in [0.25, 0.3) is 10.8 Å². The van der Waals surface area contributed by atoms with Crippen LogP contribution < -0.4 is 14.8 Å². The maximum Gasteiger partial charge on any atom is 0.321 e. The van der Waals surface area contributed by atoms with Crippen LogP contribution in [0.5, 0.6) is 5.75 Å². The van der Waals surface area contributed by atoms with E-state index in [1.54, 1.807) is 42.5 Å². The Labute approximate surface area is 254 Å². The second-order valence-corrected chi connectivity index (χ2v) is 13.5. The second kappa shape index (κ2) is 12.6. The molecule has 1 aliphatic heterocycles. The van der Waals surface area contributed by atoms with E-state index in [4.69, 9.17) is 4.74 Å². The van der Waals surface area contributed by atoms with E-state index in [0.29, 0.717) is 5.69 Å². The monoisotopic (exact) mass is 622 g/mol. The molecule has 0 saturated heterocycles. The van der Waals surface area contributed by atoms with Gasteiger partial charge in [0.15, 0.2) is 5.75 Å². The van der Waals surface area contributed by atoms with Gasteiger partial charge in [-0.25, -0.2) is 13.2 Å². The van der Waals surface area contributed by atoms with Crippen LogP contribution in [-0.4, -0.2) is 74.2 Å². The quantitative estimate of drug-likeness (QED) is 0.251. The Morgan fingerprint density at radius 3 is 2.56 bits per heavy atom. The van der Waals surface area contributed by atoms with Gasteiger partial charge < -0.3 is 25.0 Å². The van der Waals surface area contributed by atoms with Gasteiger partial charge in [-0.3, -0.25) is 9.52 Å². The molecule has 1 aromatic heterocycles. The number of benzene rings is 3. The van der Waals surface area contributed by atoms with E-state index in [1.165, 1.54) is 17.0 Å². The van der Waals surface area contributed by atoms with Gasteiger partial charge in [-0.05, 0) is 42.0 Å². The van der Waals surface area contributed by atoms with Gasteiger partial charge >= 0.3 is 6.03 Å². The van der Waals surface area contributed by atoms with Crippen LogP contribution in [0.4, 0.5) is 16.2 Å². The third-order valence-electron chi connectivity index (χ3n) is 7.53. The standard InChI is InChI=1S/C31H34N4O6S2/c1-20-17-35(21(2)19-36)30(37)24-12-7-14-26(33-43(39,40)28-15-8-16-42-28)29(24)41-27(20)18-34(3)31(38)32-25-13-6-10-22-9-4-5-11-23(22)25/h4-16,20-21,27,33,36H,17-19H2,1-3H3,(H,32,38)/t20-,21-,27+/m0/s1. The Bertz CT molecular complexity index is 1720. The van der Waals surface area contributed by atoms with Crippen molar-refractivity contribution >= 4 is 55.4 Å². The summed E-state index contributed by atoms with van der Waals surface area (Å²) < 4.78 is 35.4. The number of carbonyl (C=O) groups is 2. The highest BCUT2D eigenvalue weighted by molar-refractivity contribution is 7.94. The number of fused-ring (bicyclic) bond motifs is 2. The Balaban J connectivity index is 1.46. The van der Waals surface area contributed by atoms with E-state index in [0.717, 1.165) is 22.1 Å². The van der Waals surface area contributed by atoms with Crippen LogP contribution in [0.15, 0.2) is 82.4 Å². The summed E-state index contributed by atoms with van der Waals surface area (Å²) in [7, 11) is -2.29. The molecule has 0 radical (unpaired) electrons. The highest BCUT2D eigenvalue weighted by Gasteiger charge is 2.35. The van der Waals surface area contributed by atoms with Crippen molar-refractivity contribution in [3.8, 4) is 5.75 Å². The number of rotatable bonds is 8. The maximum absolute atomic E-state index is 13.7. The molecule has 0 bridgehead atoms. The maximum atomic E-state index is 13.7. The van der Waals surface area contributed by atoms with Gasteiger partial charge in [-0.1, -0.05) is 55.5 Å². The van der Waals surface area contributed by atoms with E-state index >= 15 is 0 Å². The molecule has 226 valence electrons. The molecule has 4 aromatic rings. The largest absolute Gasteiger partial charge is 0.485 e. The molecule has 10 nitrogen and oxygen atoms in total. The molecule has 0 unspecified atom stereocenters. The molecule has 0 aliphatic carbocycles. The summed E-state index contributed by atoms with van der Waals surface area (Å²) in [5, 5.41) is 16.5. The predicted octanol–water partition coefficient (Wildman–Crippen LogP) is 5.09. The van der Waals surface area contributed by atoms with Crippen molar-refractivity contribution in [3.63, 3.8) is 0 Å². The van der Waals surface area contributed by atoms with Gasteiger partial charge in [0.2, 0.25) is 0 Å². The number of likely N-dealkylation sites (N-methyl/N-ethyl adjacent to an activating group) is 1. The number of anilines is 2. The molecule has 3 amide bonds. The van der Waals surface area contributed by atoms with Crippen molar-refractivity contribution in [3.05, 3.63) is 83.7 Å². The smallest absolute Gasteiger partial charge is 0.321 e. The summed E-state index contributed by atoms with van der Waals surface area (Å²) in [6.45, 7) is 3.79. The molecule has 43 heavy (non-hydrogen) atoms. The molecule has 2 heterocycles. The molecule has 3 atom stereocenters. The lowest BCUT2D eigenvalue weighted by atomic mass is 9.99. The Morgan fingerprint density at radius 1 is 1.09 bits per heavy atom. The minimum atomic E-state index is -3.95. The molecule has 5 rings (SSSR count). The second-order valence-electron chi connectivity index (χ2n) is 10.7. The van der Waals surface area contributed by atoms with Crippen LogP contribution in [-0.2, 0) is 10.0 Å². The van der Waals surface area contributed by atoms with Crippen LogP contribution in [0.1, 0.15) is 24.2 Å². The SMILES string of the molecule is C[C@H]1CN([C@@H](C)CO)C(=O)c2cccc(NS(=O)(=O)c3cccs3)c2O[C@@H]1CN(C)C(=O)Nc1cccc2ccccc12. The average molecular weight is 623 g/mol. The highest BCUT2D eigenvalue weighted by atomic mass is 32.2. The summed E-state index contributed by atoms with van der Waals surface area (Å²) in [5.41, 5.74) is 0.940. The lowest BCUT2D eigenvalue weighted by molar-refractivity contribution is 0.0373. The molecule has 3 aromatic carbocycles. The van der Waals surface area contributed by atoms with Crippen molar-refractivity contribution in [1.29, 1.82) is 0 Å². The summed E-state index contributed by atoms with van der Waals surface area (Å²) in [6, 6.07) is 20.4. The van der Waals surface area contributed by atoms with Gasteiger partial charge in [0.1, 0.15) is 10.3 Å². The number of carbonyl (C=O) groups excluding carboxylic acids is 2. The van der Waals surface area contributed by atoms with Gasteiger partial charge in [0, 0.05) is 24.9 Å². The lowest BCUT2D eigenvalue weighted by Gasteiger charge is -2.38. The minimum absolute atomic E-state index is 0.0715. The average Bonchev–Trinajstić information content (AvgIpc) is 3.55. The van der Waals surface area contributed by atoms with Crippen molar-refractivity contribution in [2.45, 2.75) is 30.2 Å². The number of aliphatic hydroxyl groups is 1. The number of thiophene rings is 1. The number of nitrogens with zero attached hydrogens (tertiary/aromatic N) is 2. The summed E-state index contributed by atoms with van der Waals surface area (Å²) in [5.74, 6) is -0.607. The molecule has 3 N–H and O–H groups in total. The van der Waals surface area contributed by atoms with Crippen LogP contribution in [0.2, 0.25) is 0 Å². The third-order valence-corrected chi connectivity index (χ3v) is 10.3. The molecular formula is C31H34N4O6S2. The van der Waals surface area contributed by atoms with Gasteiger partial charge in [-0.15, -0.1) is 11.3 Å². The fourth-order valence-electron chi connectivity index (χ4n) is 5.05. The fraction of sp³-hybridized carbons (Fsp3) is 0.290. The van der Waals surface area contributed by atoms with E-state index in [1.807, 2.05) is 49.4 Å². The van der Waals surface area contributed by atoms with Gasteiger partial charge in [-0.2, -0.15) is 0 Å². The van der Waals surface area contributed by atoms with Crippen LogP contribution in [0.3, 0.4) is 0 Å². The number of hydrogen-bond acceptors (Lipinski definition) is 7. The number of urea groups is 1. The number of amides is 3. The number of nitrogens with one attached hydrogen (secondary N) is 2. The molecule has 0 fully saturated rings. The number of sulfonamides is 1. The molecular weight excluding hydrogens is 588 g/mol. The zero-order valence-electron chi connectivity index (χ0n) is 24.1. The zero-order chi connectivity index (χ0) is 30.7. The number of ether oxygens (including phenoxy) is 1. The van der Waals surface area contributed by atoms with Crippen molar-refractivity contribution < 1.29 is 27.9 Å². The van der Waals surface area contributed by atoms with E-state index in [2.05, 4.69) is 10.0 Å². The first-order valence-electron chi connectivity index (χ1n) is 13.9. The number of para-hydroxylation sites is 1. The first-order chi connectivity index (χ1) is 20.6. The Morgan fingerprint density at radius 2 is 1.81 bits per heavy atom. The molecule has 0 spiro atoms. The third kappa shape index (κ3) is 6.46. The fourth-order valence-corrected chi connectivity index (χ4v) is 7.11. The molecule has 1 aliphatic rings.